The number of rotatable bonds is 6. The Balaban J connectivity index is 1.94. The van der Waals surface area contributed by atoms with Gasteiger partial charge in [-0.15, -0.1) is 0 Å². The highest BCUT2D eigenvalue weighted by molar-refractivity contribution is 7.88. The Labute approximate surface area is 142 Å². The van der Waals surface area contributed by atoms with Crippen molar-refractivity contribution in [2.24, 2.45) is 5.92 Å². The predicted molar refractivity (Wildman–Crippen MR) is 88.4 cm³/mol. The fourth-order valence-electron chi connectivity index (χ4n) is 2.96. The molecule has 0 bridgehead atoms. The van der Waals surface area contributed by atoms with Crippen molar-refractivity contribution in [3.8, 4) is 0 Å². The van der Waals surface area contributed by atoms with E-state index in [1.165, 1.54) is 12.1 Å². The number of amides is 1. The Hall–Kier alpha value is -1.51. The zero-order valence-electron chi connectivity index (χ0n) is 13.9. The zero-order chi connectivity index (χ0) is 17.7. The van der Waals surface area contributed by atoms with E-state index < -0.39 is 10.0 Å². The van der Waals surface area contributed by atoms with Gasteiger partial charge in [-0.25, -0.2) is 17.5 Å². The second-order valence-electron chi connectivity index (χ2n) is 6.09. The SMILES string of the molecule is CO[C@H]1CN(C(=O)CNS(C)(=O)=O)CC[C@@H]1Cc1cccc(F)c1. The number of halogens is 1. The van der Waals surface area contributed by atoms with E-state index in [1.54, 1.807) is 18.1 Å². The van der Waals surface area contributed by atoms with Gasteiger partial charge in [0.2, 0.25) is 15.9 Å². The summed E-state index contributed by atoms with van der Waals surface area (Å²) in [7, 11) is -1.81. The van der Waals surface area contributed by atoms with Gasteiger partial charge in [0, 0.05) is 20.2 Å². The quantitative estimate of drug-likeness (QED) is 0.815. The molecule has 1 heterocycles. The molecule has 1 N–H and O–H groups in total. The average molecular weight is 358 g/mol. The maximum Gasteiger partial charge on any atom is 0.237 e. The van der Waals surface area contributed by atoms with E-state index in [0.717, 1.165) is 18.2 Å². The highest BCUT2D eigenvalue weighted by Crippen LogP contribution is 2.24. The van der Waals surface area contributed by atoms with E-state index in [-0.39, 0.29) is 30.3 Å². The number of carbonyl (C=O) groups excluding carboxylic acids is 1. The number of ether oxygens (including phenoxy) is 1. The van der Waals surface area contributed by atoms with Gasteiger partial charge in [0.25, 0.3) is 0 Å². The predicted octanol–water partition coefficient (Wildman–Crippen LogP) is 0.781. The number of methoxy groups -OCH3 is 1. The molecule has 1 aliphatic rings. The molecule has 6 nitrogen and oxygen atoms in total. The second kappa shape index (κ2) is 8.04. The Bertz CT molecular complexity index is 680. The minimum Gasteiger partial charge on any atom is -0.379 e. The summed E-state index contributed by atoms with van der Waals surface area (Å²) in [6.45, 7) is 0.689. The van der Waals surface area contributed by atoms with Gasteiger partial charge in [0.1, 0.15) is 5.82 Å². The zero-order valence-corrected chi connectivity index (χ0v) is 14.7. The van der Waals surface area contributed by atoms with Crippen LogP contribution in [0.1, 0.15) is 12.0 Å². The van der Waals surface area contributed by atoms with Crippen LogP contribution >= 0.6 is 0 Å². The molecule has 1 amide bonds. The number of benzene rings is 1. The topological polar surface area (TPSA) is 75.7 Å². The fourth-order valence-corrected chi connectivity index (χ4v) is 3.35. The average Bonchev–Trinajstić information content (AvgIpc) is 2.52. The molecular formula is C16H23FN2O4S. The summed E-state index contributed by atoms with van der Waals surface area (Å²) in [6.07, 6.45) is 2.26. The Morgan fingerprint density at radius 2 is 2.21 bits per heavy atom. The van der Waals surface area contributed by atoms with Crippen molar-refractivity contribution in [2.45, 2.75) is 18.9 Å². The molecular weight excluding hydrogens is 335 g/mol. The summed E-state index contributed by atoms with van der Waals surface area (Å²) in [4.78, 5) is 13.7. The van der Waals surface area contributed by atoms with Crippen LogP contribution in [0.15, 0.2) is 24.3 Å². The largest absolute Gasteiger partial charge is 0.379 e. The fraction of sp³-hybridized carbons (Fsp3) is 0.562. The summed E-state index contributed by atoms with van der Waals surface area (Å²) in [6, 6.07) is 6.49. The first kappa shape index (κ1) is 18.8. The number of nitrogens with zero attached hydrogens (tertiary/aromatic N) is 1. The minimum absolute atomic E-state index is 0.163. The standard InChI is InChI=1S/C16H23FN2O4S/c1-23-15-11-19(16(20)10-18-24(2,21)22)7-6-13(15)8-12-4-3-5-14(17)9-12/h3-5,9,13,15,18H,6-8,10-11H2,1-2H3/t13-,15+/m1/s1. The second-order valence-corrected chi connectivity index (χ2v) is 7.92. The van der Waals surface area contributed by atoms with Crippen LogP contribution in [-0.2, 0) is 26.0 Å². The summed E-state index contributed by atoms with van der Waals surface area (Å²) in [5.41, 5.74) is 0.903. The van der Waals surface area contributed by atoms with Crippen molar-refractivity contribution >= 4 is 15.9 Å². The third-order valence-electron chi connectivity index (χ3n) is 4.22. The molecule has 0 saturated carbocycles. The highest BCUT2D eigenvalue weighted by Gasteiger charge is 2.31. The van der Waals surface area contributed by atoms with Gasteiger partial charge in [-0.05, 0) is 36.5 Å². The third kappa shape index (κ3) is 5.54. The number of likely N-dealkylation sites (tertiary alicyclic amines) is 1. The summed E-state index contributed by atoms with van der Waals surface area (Å²) in [5.74, 6) is -0.351. The molecule has 1 aromatic carbocycles. The molecule has 1 aromatic rings. The molecule has 2 atom stereocenters. The molecule has 0 aromatic heterocycles. The van der Waals surface area contributed by atoms with Gasteiger partial charge < -0.3 is 9.64 Å². The molecule has 1 fully saturated rings. The number of hydrogen-bond acceptors (Lipinski definition) is 4. The van der Waals surface area contributed by atoms with E-state index in [1.807, 2.05) is 6.07 Å². The van der Waals surface area contributed by atoms with Crippen LogP contribution in [0.2, 0.25) is 0 Å². The molecule has 8 heteroatoms. The van der Waals surface area contributed by atoms with Crippen LogP contribution < -0.4 is 4.72 Å². The molecule has 0 aliphatic carbocycles. The van der Waals surface area contributed by atoms with Crippen molar-refractivity contribution in [3.63, 3.8) is 0 Å². The molecule has 0 unspecified atom stereocenters. The van der Waals surface area contributed by atoms with Crippen molar-refractivity contribution in [3.05, 3.63) is 35.6 Å². The van der Waals surface area contributed by atoms with E-state index >= 15 is 0 Å². The lowest BCUT2D eigenvalue weighted by molar-refractivity contribution is -0.135. The van der Waals surface area contributed by atoms with Crippen LogP contribution in [0.3, 0.4) is 0 Å². The number of piperidine rings is 1. The molecule has 24 heavy (non-hydrogen) atoms. The first-order valence-corrected chi connectivity index (χ1v) is 9.67. The first-order valence-electron chi connectivity index (χ1n) is 7.78. The van der Waals surface area contributed by atoms with Crippen LogP contribution in [0.5, 0.6) is 0 Å². The van der Waals surface area contributed by atoms with Gasteiger partial charge >= 0.3 is 0 Å². The normalized spacial score (nSPS) is 21.7. The van der Waals surface area contributed by atoms with E-state index in [0.29, 0.717) is 19.5 Å². The lowest BCUT2D eigenvalue weighted by Crippen LogP contribution is -2.50. The maximum absolute atomic E-state index is 13.3. The Kier molecular flexibility index (Phi) is 6.31. The molecule has 134 valence electrons. The number of carbonyl (C=O) groups is 1. The summed E-state index contributed by atoms with van der Waals surface area (Å²) < 4.78 is 43.2. The van der Waals surface area contributed by atoms with Crippen LogP contribution in [0, 0.1) is 11.7 Å². The number of hydrogen-bond donors (Lipinski definition) is 1. The monoisotopic (exact) mass is 358 g/mol. The van der Waals surface area contributed by atoms with Gasteiger partial charge in [-0.2, -0.15) is 0 Å². The minimum atomic E-state index is -3.40. The van der Waals surface area contributed by atoms with Crippen molar-refractivity contribution in [1.82, 2.24) is 9.62 Å². The number of nitrogens with one attached hydrogen (secondary N) is 1. The smallest absolute Gasteiger partial charge is 0.237 e. The number of sulfonamides is 1. The van der Waals surface area contributed by atoms with Gasteiger partial charge in [-0.3, -0.25) is 4.79 Å². The van der Waals surface area contributed by atoms with Gasteiger partial charge in [0.05, 0.1) is 18.9 Å². The summed E-state index contributed by atoms with van der Waals surface area (Å²) >= 11 is 0. The van der Waals surface area contributed by atoms with Crippen molar-refractivity contribution in [1.29, 1.82) is 0 Å². The van der Waals surface area contributed by atoms with Crippen molar-refractivity contribution in [2.75, 3.05) is 33.0 Å². The van der Waals surface area contributed by atoms with E-state index in [2.05, 4.69) is 4.72 Å². The van der Waals surface area contributed by atoms with Crippen LogP contribution in [-0.4, -0.2) is 58.3 Å². The summed E-state index contributed by atoms with van der Waals surface area (Å²) in [5, 5.41) is 0. The first-order chi connectivity index (χ1) is 11.3. The third-order valence-corrected chi connectivity index (χ3v) is 4.89. The molecule has 2 rings (SSSR count). The molecule has 1 saturated heterocycles. The molecule has 0 spiro atoms. The Morgan fingerprint density at radius 3 is 2.83 bits per heavy atom. The van der Waals surface area contributed by atoms with Crippen LogP contribution in [0.4, 0.5) is 4.39 Å². The van der Waals surface area contributed by atoms with Gasteiger partial charge in [0.15, 0.2) is 0 Å². The lowest BCUT2D eigenvalue weighted by atomic mass is 9.87. The highest BCUT2D eigenvalue weighted by atomic mass is 32.2. The molecule has 1 aliphatic heterocycles. The Morgan fingerprint density at radius 1 is 1.46 bits per heavy atom. The van der Waals surface area contributed by atoms with E-state index in [9.17, 15) is 17.6 Å². The van der Waals surface area contributed by atoms with Crippen molar-refractivity contribution < 1.29 is 22.3 Å². The van der Waals surface area contributed by atoms with Gasteiger partial charge in [-0.1, -0.05) is 12.1 Å². The maximum atomic E-state index is 13.3. The molecule has 0 radical (unpaired) electrons. The van der Waals surface area contributed by atoms with E-state index in [4.69, 9.17) is 4.74 Å². The van der Waals surface area contributed by atoms with Crippen LogP contribution in [0.25, 0.3) is 0 Å². The lowest BCUT2D eigenvalue weighted by Gasteiger charge is -2.38.